The van der Waals surface area contributed by atoms with E-state index in [9.17, 15) is 0 Å². The van der Waals surface area contributed by atoms with Gasteiger partial charge in [-0.05, 0) is 53.4 Å². The van der Waals surface area contributed by atoms with Crippen LogP contribution in [0.2, 0.25) is 0 Å². The molecule has 0 N–H and O–H groups in total. The number of rotatable bonds is 4. The van der Waals surface area contributed by atoms with Crippen LogP contribution in [0, 0.1) is 6.92 Å². The number of aryl methyl sites for hydroxylation is 1. The second-order valence-corrected chi connectivity index (χ2v) is 6.02. The van der Waals surface area contributed by atoms with Gasteiger partial charge < -0.3 is 4.74 Å². The zero-order valence-corrected chi connectivity index (χ0v) is 13.4. The lowest BCUT2D eigenvalue weighted by Crippen LogP contribution is -1.97. The molecule has 0 saturated carbocycles. The fourth-order valence-electron chi connectivity index (χ4n) is 1.77. The van der Waals surface area contributed by atoms with Crippen LogP contribution in [0.25, 0.3) is 0 Å². The van der Waals surface area contributed by atoms with Crippen LogP contribution in [0.15, 0.2) is 33.4 Å². The van der Waals surface area contributed by atoms with Crippen LogP contribution < -0.4 is 4.74 Å². The lowest BCUT2D eigenvalue weighted by Gasteiger charge is -2.13. The van der Waals surface area contributed by atoms with Gasteiger partial charge >= 0.3 is 0 Å². The normalized spacial score (nSPS) is 12.4. The van der Waals surface area contributed by atoms with Gasteiger partial charge in [-0.2, -0.15) is 11.3 Å². The van der Waals surface area contributed by atoms with Crippen molar-refractivity contribution < 1.29 is 4.74 Å². The van der Waals surface area contributed by atoms with Crippen molar-refractivity contribution in [3.8, 4) is 5.75 Å². The Bertz CT molecular complexity index is 538. The minimum atomic E-state index is -0.124. The molecule has 1 heterocycles. The van der Waals surface area contributed by atoms with Crippen molar-refractivity contribution in [1.82, 2.24) is 0 Å². The van der Waals surface area contributed by atoms with Gasteiger partial charge in [0.05, 0.1) is 12.0 Å². The van der Waals surface area contributed by atoms with Crippen LogP contribution in [-0.2, 0) is 0 Å². The molecule has 0 saturated heterocycles. The predicted octanol–water partition coefficient (Wildman–Crippen LogP) is 5.55. The highest BCUT2D eigenvalue weighted by Gasteiger charge is 2.17. The number of ether oxygens (including phenoxy) is 1. The average molecular weight is 346 g/mol. The van der Waals surface area contributed by atoms with Crippen molar-refractivity contribution in [3.05, 3.63) is 50.1 Å². The van der Waals surface area contributed by atoms with Gasteiger partial charge in [-0.15, -0.1) is 11.6 Å². The summed E-state index contributed by atoms with van der Waals surface area (Å²) in [4.78, 5) is 0. The summed E-state index contributed by atoms with van der Waals surface area (Å²) in [5.74, 6) is 0.860. The van der Waals surface area contributed by atoms with Gasteiger partial charge in [-0.25, -0.2) is 0 Å². The molecule has 1 aromatic heterocycles. The minimum absolute atomic E-state index is 0.124. The minimum Gasteiger partial charge on any atom is -0.494 e. The van der Waals surface area contributed by atoms with Crippen molar-refractivity contribution in [2.45, 2.75) is 19.2 Å². The van der Waals surface area contributed by atoms with Crippen molar-refractivity contribution in [3.63, 3.8) is 0 Å². The summed E-state index contributed by atoms with van der Waals surface area (Å²) < 4.78 is 6.45. The molecule has 1 aromatic carbocycles. The van der Waals surface area contributed by atoms with Crippen molar-refractivity contribution >= 4 is 38.9 Å². The van der Waals surface area contributed by atoms with Crippen LogP contribution in [-0.4, -0.2) is 6.61 Å². The van der Waals surface area contributed by atoms with Crippen LogP contribution in [0.1, 0.15) is 29.0 Å². The van der Waals surface area contributed by atoms with Crippen molar-refractivity contribution in [2.75, 3.05) is 6.61 Å². The zero-order chi connectivity index (χ0) is 13.1. The fourth-order valence-corrected chi connectivity index (χ4v) is 3.86. The number of alkyl halides is 1. The Hall–Kier alpha value is -0.510. The second kappa shape index (κ2) is 6.09. The third kappa shape index (κ3) is 2.90. The summed E-state index contributed by atoms with van der Waals surface area (Å²) in [5.41, 5.74) is 3.48. The maximum Gasteiger partial charge on any atom is 0.120 e. The van der Waals surface area contributed by atoms with Gasteiger partial charge in [0.15, 0.2) is 0 Å². The third-order valence-corrected chi connectivity index (χ3v) is 4.76. The first-order valence-electron chi connectivity index (χ1n) is 5.72. The summed E-state index contributed by atoms with van der Waals surface area (Å²) in [6, 6.07) is 5.94. The van der Waals surface area contributed by atoms with Gasteiger partial charge in [-0.3, -0.25) is 0 Å². The molecule has 2 aromatic rings. The SMILES string of the molecule is CCOc1ccc(C(Cl)c2cscc2C)c(Br)c1. The van der Waals surface area contributed by atoms with Crippen LogP contribution in [0.3, 0.4) is 0 Å². The van der Waals surface area contributed by atoms with Gasteiger partial charge in [0, 0.05) is 4.47 Å². The Morgan fingerprint density at radius 1 is 1.33 bits per heavy atom. The highest BCUT2D eigenvalue weighted by molar-refractivity contribution is 9.10. The molecule has 0 aliphatic carbocycles. The van der Waals surface area contributed by atoms with Gasteiger partial charge in [0.25, 0.3) is 0 Å². The van der Waals surface area contributed by atoms with Crippen LogP contribution in [0.5, 0.6) is 5.75 Å². The Balaban J connectivity index is 2.31. The zero-order valence-electron chi connectivity index (χ0n) is 10.2. The molecule has 0 spiro atoms. The summed E-state index contributed by atoms with van der Waals surface area (Å²) >= 11 is 11.8. The molecule has 0 fully saturated rings. The molecule has 0 aliphatic heterocycles. The number of hydrogen-bond acceptors (Lipinski definition) is 2. The molecule has 4 heteroatoms. The smallest absolute Gasteiger partial charge is 0.120 e. The molecule has 0 bridgehead atoms. The lowest BCUT2D eigenvalue weighted by atomic mass is 10.0. The maximum atomic E-state index is 6.55. The van der Waals surface area contributed by atoms with E-state index in [1.807, 2.05) is 25.1 Å². The van der Waals surface area contributed by atoms with Crippen molar-refractivity contribution in [2.24, 2.45) is 0 Å². The Labute approximate surface area is 125 Å². The Morgan fingerprint density at radius 2 is 2.11 bits per heavy atom. The average Bonchev–Trinajstić information content (AvgIpc) is 2.75. The van der Waals surface area contributed by atoms with Crippen molar-refractivity contribution in [1.29, 1.82) is 0 Å². The van der Waals surface area contributed by atoms with E-state index in [1.165, 1.54) is 11.1 Å². The number of benzene rings is 1. The van der Waals surface area contributed by atoms with Gasteiger partial charge in [0.1, 0.15) is 5.75 Å². The Kier molecular flexibility index (Phi) is 4.71. The predicted molar refractivity (Wildman–Crippen MR) is 82.1 cm³/mol. The fraction of sp³-hybridized carbons (Fsp3) is 0.286. The highest BCUT2D eigenvalue weighted by Crippen LogP contribution is 2.38. The first kappa shape index (κ1) is 13.9. The van der Waals surface area contributed by atoms with E-state index < -0.39 is 0 Å². The summed E-state index contributed by atoms with van der Waals surface area (Å²) in [6.07, 6.45) is 0. The Morgan fingerprint density at radius 3 is 2.67 bits per heavy atom. The van der Waals surface area contributed by atoms with E-state index in [-0.39, 0.29) is 5.38 Å². The monoisotopic (exact) mass is 344 g/mol. The van der Waals surface area contributed by atoms with Crippen LogP contribution >= 0.6 is 38.9 Å². The summed E-state index contributed by atoms with van der Waals surface area (Å²) in [5, 5.41) is 4.10. The molecule has 0 aliphatic rings. The molecule has 1 atom stereocenters. The number of halogens is 2. The summed E-state index contributed by atoms with van der Waals surface area (Å²) in [6.45, 7) is 4.73. The topological polar surface area (TPSA) is 9.23 Å². The van der Waals surface area contributed by atoms with E-state index in [1.54, 1.807) is 11.3 Å². The molecule has 1 unspecified atom stereocenters. The van der Waals surface area contributed by atoms with E-state index in [0.29, 0.717) is 6.61 Å². The highest BCUT2D eigenvalue weighted by atomic mass is 79.9. The quantitative estimate of drug-likeness (QED) is 0.660. The van der Waals surface area contributed by atoms with E-state index >= 15 is 0 Å². The second-order valence-electron chi connectivity index (χ2n) is 3.99. The molecule has 0 radical (unpaired) electrons. The van der Waals surface area contributed by atoms with E-state index in [4.69, 9.17) is 16.3 Å². The number of hydrogen-bond donors (Lipinski definition) is 0. The van der Waals surface area contributed by atoms with E-state index in [2.05, 4.69) is 33.6 Å². The summed E-state index contributed by atoms with van der Waals surface area (Å²) in [7, 11) is 0. The molecule has 1 nitrogen and oxygen atoms in total. The van der Waals surface area contributed by atoms with E-state index in [0.717, 1.165) is 15.8 Å². The van der Waals surface area contributed by atoms with Gasteiger partial charge in [-0.1, -0.05) is 22.0 Å². The molecule has 2 rings (SSSR count). The molecule has 0 amide bonds. The molecule has 18 heavy (non-hydrogen) atoms. The maximum absolute atomic E-state index is 6.55. The number of thiophene rings is 1. The van der Waals surface area contributed by atoms with Crippen LogP contribution in [0.4, 0.5) is 0 Å². The lowest BCUT2D eigenvalue weighted by molar-refractivity contribution is 0.340. The van der Waals surface area contributed by atoms with Gasteiger partial charge in [0.2, 0.25) is 0 Å². The third-order valence-electron chi connectivity index (χ3n) is 2.72. The standard InChI is InChI=1S/C14H14BrClOS/c1-3-17-10-4-5-11(13(15)6-10)14(16)12-8-18-7-9(12)2/h4-8,14H,3H2,1-2H3. The first-order valence-corrected chi connectivity index (χ1v) is 7.89. The molecular weight excluding hydrogens is 332 g/mol. The molecule has 96 valence electrons. The largest absolute Gasteiger partial charge is 0.494 e. The first-order chi connectivity index (χ1) is 8.63. The molecular formula is C14H14BrClOS.